The Morgan fingerprint density at radius 2 is 2.25 bits per heavy atom. The number of hydrogen-bond donors (Lipinski definition) is 3. The summed E-state index contributed by atoms with van der Waals surface area (Å²) in [6, 6.07) is 1.83. The Kier molecular flexibility index (Phi) is 4.53. The van der Waals surface area contributed by atoms with Crippen LogP contribution >= 0.6 is 0 Å². The van der Waals surface area contributed by atoms with E-state index >= 15 is 0 Å². The molecule has 0 aliphatic carbocycles. The smallest absolute Gasteiger partial charge is 0.221 e. The molecule has 0 amide bonds. The summed E-state index contributed by atoms with van der Waals surface area (Å²) in [5, 5.41) is 19.9. The van der Waals surface area contributed by atoms with Crippen molar-refractivity contribution in [2.75, 3.05) is 12.3 Å². The first-order valence-electron chi connectivity index (χ1n) is 6.72. The van der Waals surface area contributed by atoms with E-state index in [1.807, 2.05) is 19.9 Å². The standard InChI is InChI=1S/C11H14N4O3.C2H6/c12-11-13-4-6-1-2-15(9(6)14-11)10-8(17)3-7(5-16)18-10;1-2/h1-2,4,7-8,10,16-17H,3,5H2,(H2,12,13,14);1-2H3/t7?,8-,10?;/m1./s1. The predicted octanol–water partition coefficient (Wildman–Crippen LogP) is 0.680. The minimum Gasteiger partial charge on any atom is -0.394 e. The molecule has 7 nitrogen and oxygen atoms in total. The highest BCUT2D eigenvalue weighted by Crippen LogP contribution is 2.31. The van der Waals surface area contributed by atoms with Crippen molar-refractivity contribution in [1.82, 2.24) is 14.5 Å². The first-order valence-corrected chi connectivity index (χ1v) is 6.72. The minimum absolute atomic E-state index is 0.107. The minimum atomic E-state index is -0.672. The Morgan fingerprint density at radius 3 is 2.90 bits per heavy atom. The average molecular weight is 280 g/mol. The third-order valence-electron chi connectivity index (χ3n) is 3.12. The molecule has 3 heterocycles. The van der Waals surface area contributed by atoms with Gasteiger partial charge in [0.1, 0.15) is 11.8 Å². The van der Waals surface area contributed by atoms with Crippen LogP contribution in [-0.2, 0) is 4.74 Å². The first kappa shape index (κ1) is 14.7. The molecule has 1 saturated heterocycles. The van der Waals surface area contributed by atoms with E-state index in [1.165, 1.54) is 0 Å². The van der Waals surface area contributed by atoms with Gasteiger partial charge in [0.15, 0.2) is 6.23 Å². The Morgan fingerprint density at radius 1 is 1.50 bits per heavy atom. The highest BCUT2D eigenvalue weighted by molar-refractivity contribution is 5.76. The Labute approximate surface area is 117 Å². The predicted molar refractivity (Wildman–Crippen MR) is 74.9 cm³/mol. The zero-order valence-electron chi connectivity index (χ0n) is 11.6. The highest BCUT2D eigenvalue weighted by Gasteiger charge is 2.35. The monoisotopic (exact) mass is 280 g/mol. The van der Waals surface area contributed by atoms with Crippen molar-refractivity contribution in [2.24, 2.45) is 0 Å². The normalized spacial score (nSPS) is 25.5. The van der Waals surface area contributed by atoms with Gasteiger partial charge in [0.25, 0.3) is 0 Å². The Hall–Kier alpha value is -1.70. The molecule has 0 bridgehead atoms. The molecule has 1 aliphatic rings. The lowest BCUT2D eigenvalue weighted by Crippen LogP contribution is -2.19. The van der Waals surface area contributed by atoms with Crippen LogP contribution in [0.15, 0.2) is 18.5 Å². The quantitative estimate of drug-likeness (QED) is 0.747. The Balaban J connectivity index is 0.000000704. The number of nitrogens with zero attached hydrogens (tertiary/aromatic N) is 3. The second-order valence-corrected chi connectivity index (χ2v) is 4.36. The van der Waals surface area contributed by atoms with Crippen molar-refractivity contribution >= 4 is 17.0 Å². The molecule has 3 atom stereocenters. The molecule has 0 spiro atoms. The van der Waals surface area contributed by atoms with Crippen LogP contribution in [-0.4, -0.2) is 43.6 Å². The molecular weight excluding hydrogens is 260 g/mol. The van der Waals surface area contributed by atoms with E-state index in [0.29, 0.717) is 12.1 Å². The van der Waals surface area contributed by atoms with Gasteiger partial charge in [0.2, 0.25) is 5.95 Å². The molecule has 20 heavy (non-hydrogen) atoms. The second-order valence-electron chi connectivity index (χ2n) is 4.36. The summed E-state index contributed by atoms with van der Waals surface area (Å²) >= 11 is 0. The van der Waals surface area contributed by atoms with Gasteiger partial charge in [-0.3, -0.25) is 0 Å². The number of aliphatic hydroxyl groups excluding tert-OH is 2. The summed E-state index contributed by atoms with van der Waals surface area (Å²) < 4.78 is 7.29. The van der Waals surface area contributed by atoms with Crippen LogP contribution in [0.1, 0.15) is 26.5 Å². The number of hydrogen-bond acceptors (Lipinski definition) is 6. The third-order valence-corrected chi connectivity index (χ3v) is 3.12. The number of nitrogen functional groups attached to an aromatic ring is 1. The van der Waals surface area contributed by atoms with Crippen LogP contribution in [0.5, 0.6) is 0 Å². The number of ether oxygens (including phenoxy) is 1. The molecule has 1 fully saturated rings. The van der Waals surface area contributed by atoms with E-state index in [-0.39, 0.29) is 18.7 Å². The molecule has 0 radical (unpaired) electrons. The van der Waals surface area contributed by atoms with E-state index in [0.717, 1.165) is 5.39 Å². The summed E-state index contributed by atoms with van der Waals surface area (Å²) in [5.41, 5.74) is 6.18. The number of aliphatic hydroxyl groups is 2. The summed E-state index contributed by atoms with van der Waals surface area (Å²) in [7, 11) is 0. The fraction of sp³-hybridized carbons (Fsp3) is 0.538. The number of anilines is 1. The molecule has 7 heteroatoms. The van der Waals surface area contributed by atoms with Crippen molar-refractivity contribution in [3.63, 3.8) is 0 Å². The molecule has 4 N–H and O–H groups in total. The van der Waals surface area contributed by atoms with Crippen LogP contribution in [0.4, 0.5) is 5.95 Å². The highest BCUT2D eigenvalue weighted by atomic mass is 16.5. The van der Waals surface area contributed by atoms with Gasteiger partial charge in [-0.05, 0) is 6.07 Å². The zero-order valence-corrected chi connectivity index (χ0v) is 11.6. The van der Waals surface area contributed by atoms with Crippen LogP contribution in [0.3, 0.4) is 0 Å². The molecular formula is C13H20N4O3. The number of fused-ring (bicyclic) bond motifs is 1. The SMILES string of the molecule is CC.Nc1ncc2ccn(C3OC(CO)C[C@H]3O)c2n1. The number of aromatic nitrogens is 3. The Bertz CT molecular complexity index is 572. The van der Waals surface area contributed by atoms with Gasteiger partial charge in [-0.2, -0.15) is 4.98 Å². The molecule has 0 aromatic carbocycles. The molecule has 2 unspecified atom stereocenters. The van der Waals surface area contributed by atoms with E-state index < -0.39 is 12.3 Å². The van der Waals surface area contributed by atoms with E-state index in [2.05, 4.69) is 9.97 Å². The third kappa shape index (κ3) is 2.60. The maximum absolute atomic E-state index is 9.96. The van der Waals surface area contributed by atoms with Crippen molar-refractivity contribution in [1.29, 1.82) is 0 Å². The molecule has 2 aromatic rings. The first-order chi connectivity index (χ1) is 9.69. The average Bonchev–Trinajstić information content (AvgIpc) is 3.03. The van der Waals surface area contributed by atoms with E-state index in [9.17, 15) is 5.11 Å². The summed E-state index contributed by atoms with van der Waals surface area (Å²) in [4.78, 5) is 8.05. The summed E-state index contributed by atoms with van der Waals surface area (Å²) in [5.74, 6) is 0.175. The van der Waals surface area contributed by atoms with Gasteiger partial charge in [-0.25, -0.2) is 4.98 Å². The lowest BCUT2D eigenvalue weighted by Gasteiger charge is -2.17. The molecule has 1 aliphatic heterocycles. The fourth-order valence-electron chi connectivity index (χ4n) is 2.25. The van der Waals surface area contributed by atoms with Gasteiger partial charge in [0, 0.05) is 24.2 Å². The van der Waals surface area contributed by atoms with Crippen molar-refractivity contribution in [3.8, 4) is 0 Å². The summed E-state index contributed by atoms with van der Waals surface area (Å²) in [6.45, 7) is 3.89. The second kappa shape index (κ2) is 6.17. The fourth-order valence-corrected chi connectivity index (χ4v) is 2.25. The lowest BCUT2D eigenvalue weighted by atomic mass is 10.2. The van der Waals surface area contributed by atoms with E-state index in [4.69, 9.17) is 15.6 Å². The van der Waals surface area contributed by atoms with Crippen molar-refractivity contribution in [2.45, 2.75) is 38.7 Å². The van der Waals surface area contributed by atoms with Gasteiger partial charge < -0.3 is 25.3 Å². The number of rotatable bonds is 2. The molecule has 2 aromatic heterocycles. The van der Waals surface area contributed by atoms with Crippen LogP contribution in [0.2, 0.25) is 0 Å². The molecule has 110 valence electrons. The van der Waals surface area contributed by atoms with Crippen molar-refractivity contribution in [3.05, 3.63) is 18.5 Å². The zero-order chi connectivity index (χ0) is 14.7. The maximum Gasteiger partial charge on any atom is 0.221 e. The maximum atomic E-state index is 9.96. The largest absolute Gasteiger partial charge is 0.394 e. The lowest BCUT2D eigenvalue weighted by molar-refractivity contribution is -0.0484. The van der Waals surface area contributed by atoms with Crippen LogP contribution in [0.25, 0.3) is 11.0 Å². The molecule has 0 saturated carbocycles. The van der Waals surface area contributed by atoms with Gasteiger partial charge in [-0.1, -0.05) is 13.8 Å². The van der Waals surface area contributed by atoms with Gasteiger partial charge >= 0.3 is 0 Å². The van der Waals surface area contributed by atoms with Gasteiger partial charge in [0.05, 0.1) is 12.7 Å². The van der Waals surface area contributed by atoms with Crippen LogP contribution in [0, 0.1) is 0 Å². The van der Waals surface area contributed by atoms with Crippen molar-refractivity contribution < 1.29 is 14.9 Å². The van der Waals surface area contributed by atoms with Crippen LogP contribution < -0.4 is 5.73 Å². The molecule has 3 rings (SSSR count). The summed E-state index contributed by atoms with van der Waals surface area (Å²) in [6.07, 6.45) is 2.23. The van der Waals surface area contributed by atoms with E-state index in [1.54, 1.807) is 17.0 Å². The number of nitrogens with two attached hydrogens (primary N) is 1. The topological polar surface area (TPSA) is 106 Å². The van der Waals surface area contributed by atoms with Gasteiger partial charge in [-0.15, -0.1) is 0 Å².